The van der Waals surface area contributed by atoms with Crippen LogP contribution in [-0.2, 0) is 0 Å². The Morgan fingerprint density at radius 1 is 1.29 bits per heavy atom. The van der Waals surface area contributed by atoms with Crippen LogP contribution in [0, 0.1) is 0 Å². The quantitative estimate of drug-likeness (QED) is 0.759. The first kappa shape index (κ1) is 10.5. The molecular weight excluding hydrogens is 351 g/mol. The summed E-state index contributed by atoms with van der Waals surface area (Å²) in [5.74, 6) is 0. The maximum Gasteiger partial charge on any atom is 0.209 e. The smallest absolute Gasteiger partial charge is 0.209 e. The summed E-state index contributed by atoms with van der Waals surface area (Å²) in [6.45, 7) is 0. The second-order valence-corrected chi connectivity index (χ2v) is 5.16. The Hall–Kier alpha value is 0.0300. The lowest BCUT2D eigenvalue weighted by atomic mass is 10.2. The van der Waals surface area contributed by atoms with Crippen LogP contribution in [0.15, 0.2) is 27.4 Å². The minimum atomic E-state index is 0.591. The van der Waals surface area contributed by atoms with Crippen molar-refractivity contribution in [3.8, 4) is 10.6 Å². The Morgan fingerprint density at radius 2 is 2.07 bits per heavy atom. The number of rotatable bonds is 1. The largest absolute Gasteiger partial charge is 0.209 e. The van der Waals surface area contributed by atoms with E-state index in [1.807, 2.05) is 18.2 Å². The highest BCUT2D eigenvalue weighted by Crippen LogP contribution is 2.34. The lowest BCUT2D eigenvalue weighted by molar-refractivity contribution is 1.26. The Kier molecular flexibility index (Phi) is 3.21. The standard InChI is InChI=1S/C8H3Br2ClN2S/c9-5-3-1-2-4(6(5)11)7-12-8(10)13-14-7/h1-3H. The van der Waals surface area contributed by atoms with Gasteiger partial charge in [-0.05, 0) is 49.5 Å². The van der Waals surface area contributed by atoms with Crippen LogP contribution in [0.4, 0.5) is 0 Å². The van der Waals surface area contributed by atoms with Crippen LogP contribution in [0.25, 0.3) is 10.6 Å². The molecule has 2 rings (SSSR count). The van der Waals surface area contributed by atoms with E-state index in [9.17, 15) is 0 Å². The third kappa shape index (κ3) is 2.00. The van der Waals surface area contributed by atoms with Crippen LogP contribution in [-0.4, -0.2) is 9.36 Å². The van der Waals surface area contributed by atoms with Gasteiger partial charge in [-0.1, -0.05) is 23.7 Å². The topological polar surface area (TPSA) is 25.8 Å². The number of nitrogens with zero attached hydrogens (tertiary/aromatic N) is 2. The highest BCUT2D eigenvalue weighted by molar-refractivity contribution is 9.10. The van der Waals surface area contributed by atoms with Gasteiger partial charge in [-0.2, -0.15) is 4.37 Å². The van der Waals surface area contributed by atoms with Gasteiger partial charge in [0, 0.05) is 10.0 Å². The molecule has 1 aromatic carbocycles. The van der Waals surface area contributed by atoms with Crippen LogP contribution in [0.3, 0.4) is 0 Å². The summed E-state index contributed by atoms with van der Waals surface area (Å²) in [5, 5.41) is 1.47. The molecule has 0 aliphatic heterocycles. The van der Waals surface area contributed by atoms with Gasteiger partial charge in [0.05, 0.1) is 5.02 Å². The van der Waals surface area contributed by atoms with Crippen molar-refractivity contribution in [2.45, 2.75) is 0 Å². The molecular formula is C8H3Br2ClN2S. The van der Waals surface area contributed by atoms with Gasteiger partial charge in [0.15, 0.2) is 0 Å². The summed E-state index contributed by atoms with van der Waals surface area (Å²) in [4.78, 5) is 4.20. The summed E-state index contributed by atoms with van der Waals surface area (Å²) in [5.41, 5.74) is 0.893. The van der Waals surface area contributed by atoms with E-state index in [2.05, 4.69) is 41.2 Å². The zero-order valence-corrected chi connectivity index (χ0v) is 11.4. The highest BCUT2D eigenvalue weighted by atomic mass is 79.9. The molecule has 0 radical (unpaired) electrons. The van der Waals surface area contributed by atoms with Crippen molar-refractivity contribution in [3.05, 3.63) is 32.4 Å². The summed E-state index contributed by atoms with van der Waals surface area (Å²) in [7, 11) is 0. The first-order valence-electron chi connectivity index (χ1n) is 3.62. The molecule has 0 fully saturated rings. The van der Waals surface area contributed by atoms with Gasteiger partial charge >= 0.3 is 0 Å². The molecule has 0 saturated heterocycles. The molecule has 6 heteroatoms. The molecule has 0 N–H and O–H groups in total. The summed E-state index contributed by atoms with van der Waals surface area (Å²) < 4.78 is 5.49. The van der Waals surface area contributed by atoms with Gasteiger partial charge in [0.2, 0.25) is 4.73 Å². The third-order valence-electron chi connectivity index (χ3n) is 1.58. The molecule has 0 spiro atoms. The molecule has 0 saturated carbocycles. The molecule has 2 nitrogen and oxygen atoms in total. The zero-order valence-electron chi connectivity index (χ0n) is 6.67. The maximum atomic E-state index is 6.11. The number of benzene rings is 1. The molecule has 0 aliphatic rings. The van der Waals surface area contributed by atoms with Gasteiger partial charge in [0.1, 0.15) is 5.01 Å². The third-order valence-corrected chi connectivity index (χ3v) is 4.22. The second kappa shape index (κ2) is 4.26. The van der Waals surface area contributed by atoms with Crippen LogP contribution in [0.1, 0.15) is 0 Å². The van der Waals surface area contributed by atoms with Gasteiger partial charge in [0.25, 0.3) is 0 Å². The molecule has 1 heterocycles. The first-order chi connectivity index (χ1) is 6.68. The van der Waals surface area contributed by atoms with E-state index in [-0.39, 0.29) is 0 Å². The van der Waals surface area contributed by atoms with E-state index in [1.165, 1.54) is 11.5 Å². The molecule has 72 valence electrons. The van der Waals surface area contributed by atoms with Gasteiger partial charge in [-0.3, -0.25) is 0 Å². The number of hydrogen-bond donors (Lipinski definition) is 0. The second-order valence-electron chi connectivity index (χ2n) is 2.47. The van der Waals surface area contributed by atoms with E-state index >= 15 is 0 Å². The van der Waals surface area contributed by atoms with E-state index in [0.717, 1.165) is 15.0 Å². The van der Waals surface area contributed by atoms with Crippen molar-refractivity contribution >= 4 is 55.0 Å². The predicted molar refractivity (Wildman–Crippen MR) is 65.8 cm³/mol. The lowest BCUT2D eigenvalue weighted by Gasteiger charge is -2.00. The van der Waals surface area contributed by atoms with E-state index < -0.39 is 0 Å². The molecule has 2 aromatic rings. The SMILES string of the molecule is Clc1c(Br)cccc1-c1nc(Br)ns1. The first-order valence-corrected chi connectivity index (χ1v) is 6.36. The Balaban J connectivity index is 2.57. The van der Waals surface area contributed by atoms with Crippen LogP contribution in [0.2, 0.25) is 5.02 Å². The minimum absolute atomic E-state index is 0.591. The van der Waals surface area contributed by atoms with Crippen molar-refractivity contribution < 1.29 is 0 Å². The number of aromatic nitrogens is 2. The molecule has 0 atom stereocenters. The van der Waals surface area contributed by atoms with Crippen molar-refractivity contribution in [3.63, 3.8) is 0 Å². The van der Waals surface area contributed by atoms with Crippen LogP contribution < -0.4 is 0 Å². The van der Waals surface area contributed by atoms with Crippen molar-refractivity contribution in [2.24, 2.45) is 0 Å². The average Bonchev–Trinajstić information content (AvgIpc) is 2.57. The maximum absolute atomic E-state index is 6.11. The van der Waals surface area contributed by atoms with Crippen LogP contribution >= 0.6 is 55.0 Å². The molecule has 14 heavy (non-hydrogen) atoms. The fourth-order valence-electron chi connectivity index (χ4n) is 0.984. The van der Waals surface area contributed by atoms with E-state index in [1.54, 1.807) is 0 Å². The fraction of sp³-hybridized carbons (Fsp3) is 0. The highest BCUT2D eigenvalue weighted by Gasteiger charge is 2.10. The summed E-state index contributed by atoms with van der Waals surface area (Å²) in [6, 6.07) is 5.72. The summed E-state index contributed by atoms with van der Waals surface area (Å²) in [6.07, 6.45) is 0. The van der Waals surface area contributed by atoms with Crippen molar-refractivity contribution in [1.82, 2.24) is 9.36 Å². The molecule has 0 amide bonds. The van der Waals surface area contributed by atoms with Crippen molar-refractivity contribution in [2.75, 3.05) is 0 Å². The van der Waals surface area contributed by atoms with Gasteiger partial charge < -0.3 is 0 Å². The van der Waals surface area contributed by atoms with Gasteiger partial charge in [-0.15, -0.1) is 0 Å². The van der Waals surface area contributed by atoms with E-state index in [0.29, 0.717) is 9.76 Å². The Bertz CT molecular complexity index is 472. The Morgan fingerprint density at radius 3 is 2.71 bits per heavy atom. The molecule has 0 aliphatic carbocycles. The Labute approximate surface area is 107 Å². The number of hydrogen-bond acceptors (Lipinski definition) is 3. The number of halogens is 3. The molecule has 0 bridgehead atoms. The molecule has 1 aromatic heterocycles. The fourth-order valence-corrected chi connectivity index (χ4v) is 2.73. The van der Waals surface area contributed by atoms with Crippen molar-refractivity contribution in [1.29, 1.82) is 0 Å². The minimum Gasteiger partial charge on any atom is -0.209 e. The predicted octanol–water partition coefficient (Wildman–Crippen LogP) is 4.38. The van der Waals surface area contributed by atoms with Crippen LogP contribution in [0.5, 0.6) is 0 Å². The van der Waals surface area contributed by atoms with E-state index in [4.69, 9.17) is 11.6 Å². The average molecular weight is 354 g/mol. The molecule has 0 unspecified atom stereocenters. The summed E-state index contributed by atoms with van der Waals surface area (Å²) >= 11 is 14.0. The zero-order chi connectivity index (χ0) is 10.1. The normalized spacial score (nSPS) is 10.5. The lowest BCUT2D eigenvalue weighted by Crippen LogP contribution is -1.78. The van der Waals surface area contributed by atoms with Gasteiger partial charge in [-0.25, -0.2) is 4.98 Å². The monoisotopic (exact) mass is 352 g/mol.